The third kappa shape index (κ3) is 13.9. The Bertz CT molecular complexity index is 128. The first-order valence-corrected chi connectivity index (χ1v) is 8.14. The van der Waals surface area contributed by atoms with E-state index in [1.165, 1.54) is 83.5 Å². The number of hydrogen-bond donors (Lipinski definition) is 0. The van der Waals surface area contributed by atoms with Crippen molar-refractivity contribution in [3.8, 4) is 0 Å². The second-order valence-electron chi connectivity index (χ2n) is 5.63. The average molecular weight is 239 g/mol. The Morgan fingerprint density at radius 1 is 0.588 bits per heavy atom. The molecule has 17 heavy (non-hydrogen) atoms. The lowest BCUT2D eigenvalue weighted by Gasteiger charge is -2.10. The molecule has 1 atom stereocenters. The Kier molecular flexibility index (Phi) is 14.1. The quantitative estimate of drug-likeness (QED) is 0.320. The van der Waals surface area contributed by atoms with Gasteiger partial charge in [0.2, 0.25) is 0 Å². The fourth-order valence-electron chi connectivity index (χ4n) is 2.39. The SMILES string of the molecule is [CH2]C(CCCCC)CCCCCCCCCC. The summed E-state index contributed by atoms with van der Waals surface area (Å²) < 4.78 is 0. The van der Waals surface area contributed by atoms with Crippen LogP contribution in [0.25, 0.3) is 0 Å². The molecule has 0 heterocycles. The van der Waals surface area contributed by atoms with Crippen LogP contribution in [0.15, 0.2) is 0 Å². The van der Waals surface area contributed by atoms with Crippen LogP contribution in [0.4, 0.5) is 0 Å². The van der Waals surface area contributed by atoms with E-state index in [0.717, 1.165) is 5.92 Å². The van der Waals surface area contributed by atoms with Crippen LogP contribution in [-0.4, -0.2) is 0 Å². The molecule has 0 saturated heterocycles. The normalized spacial score (nSPS) is 12.9. The molecule has 0 aliphatic rings. The topological polar surface area (TPSA) is 0 Å². The molecule has 0 N–H and O–H groups in total. The summed E-state index contributed by atoms with van der Waals surface area (Å²) in [5, 5.41) is 0. The van der Waals surface area contributed by atoms with E-state index in [1.807, 2.05) is 0 Å². The molecule has 0 aromatic heterocycles. The van der Waals surface area contributed by atoms with Gasteiger partial charge in [-0.05, 0) is 5.92 Å². The smallest absolute Gasteiger partial charge is 0.0414 e. The van der Waals surface area contributed by atoms with Gasteiger partial charge in [-0.25, -0.2) is 0 Å². The highest BCUT2D eigenvalue weighted by Gasteiger charge is 2.01. The summed E-state index contributed by atoms with van der Waals surface area (Å²) in [7, 11) is 0. The van der Waals surface area contributed by atoms with Gasteiger partial charge in [-0.2, -0.15) is 0 Å². The molecule has 1 radical (unpaired) electrons. The Hall–Kier alpha value is 0. The van der Waals surface area contributed by atoms with E-state index in [4.69, 9.17) is 0 Å². The molecular weight excluding hydrogens is 204 g/mol. The highest BCUT2D eigenvalue weighted by molar-refractivity contribution is 4.61. The Morgan fingerprint density at radius 2 is 0.941 bits per heavy atom. The fraction of sp³-hybridized carbons (Fsp3) is 0.941. The van der Waals surface area contributed by atoms with Crippen LogP contribution in [0.2, 0.25) is 0 Å². The first kappa shape index (κ1) is 17.0. The van der Waals surface area contributed by atoms with Gasteiger partial charge in [0.05, 0.1) is 0 Å². The van der Waals surface area contributed by atoms with Gasteiger partial charge in [0.25, 0.3) is 0 Å². The van der Waals surface area contributed by atoms with Crippen molar-refractivity contribution in [3.05, 3.63) is 6.92 Å². The molecular formula is C17H35. The van der Waals surface area contributed by atoms with Crippen molar-refractivity contribution in [2.24, 2.45) is 5.92 Å². The lowest BCUT2D eigenvalue weighted by Crippen LogP contribution is -1.95. The van der Waals surface area contributed by atoms with Crippen molar-refractivity contribution in [2.45, 2.75) is 97.3 Å². The molecule has 0 nitrogen and oxygen atoms in total. The summed E-state index contributed by atoms with van der Waals surface area (Å²) in [6, 6.07) is 0. The molecule has 0 aliphatic heterocycles. The summed E-state index contributed by atoms with van der Waals surface area (Å²) in [6.07, 6.45) is 18.3. The highest BCUT2D eigenvalue weighted by Crippen LogP contribution is 2.17. The monoisotopic (exact) mass is 239 g/mol. The zero-order valence-corrected chi connectivity index (χ0v) is 12.5. The predicted octanol–water partition coefficient (Wildman–Crippen LogP) is 6.55. The van der Waals surface area contributed by atoms with E-state index in [-0.39, 0.29) is 0 Å². The molecule has 0 fully saturated rings. The molecule has 0 heteroatoms. The summed E-state index contributed by atoms with van der Waals surface area (Å²) in [5.74, 6) is 0.724. The summed E-state index contributed by atoms with van der Waals surface area (Å²) in [4.78, 5) is 0. The first-order valence-electron chi connectivity index (χ1n) is 8.14. The van der Waals surface area contributed by atoms with Crippen molar-refractivity contribution in [3.63, 3.8) is 0 Å². The number of rotatable bonds is 13. The number of hydrogen-bond acceptors (Lipinski definition) is 0. The van der Waals surface area contributed by atoms with Crippen LogP contribution in [-0.2, 0) is 0 Å². The van der Waals surface area contributed by atoms with Crippen molar-refractivity contribution >= 4 is 0 Å². The number of unbranched alkanes of at least 4 members (excludes halogenated alkanes) is 9. The van der Waals surface area contributed by atoms with E-state index in [1.54, 1.807) is 0 Å². The molecule has 0 aromatic carbocycles. The molecule has 103 valence electrons. The Labute approximate surface area is 111 Å². The third-order valence-electron chi connectivity index (χ3n) is 3.68. The molecule has 0 rings (SSSR count). The van der Waals surface area contributed by atoms with Gasteiger partial charge in [0, 0.05) is 0 Å². The molecule has 0 aromatic rings. The summed E-state index contributed by atoms with van der Waals surface area (Å²) in [6.45, 7) is 8.83. The minimum atomic E-state index is 0.724. The lowest BCUT2D eigenvalue weighted by molar-refractivity contribution is 0.468. The third-order valence-corrected chi connectivity index (χ3v) is 3.68. The summed E-state index contributed by atoms with van der Waals surface area (Å²) in [5.41, 5.74) is 0. The van der Waals surface area contributed by atoms with Crippen LogP contribution < -0.4 is 0 Å². The van der Waals surface area contributed by atoms with Crippen molar-refractivity contribution in [2.75, 3.05) is 0 Å². The first-order chi connectivity index (χ1) is 8.31. The molecule has 0 saturated carbocycles. The Balaban J connectivity index is 3.05. The van der Waals surface area contributed by atoms with Gasteiger partial charge in [0.1, 0.15) is 0 Å². The largest absolute Gasteiger partial charge is 0.0654 e. The van der Waals surface area contributed by atoms with Crippen molar-refractivity contribution in [1.29, 1.82) is 0 Å². The standard InChI is InChI=1S/C17H35/c1-4-6-8-9-10-11-12-14-16-17(3)15-13-7-5-2/h17H,3-16H2,1-2H3. The van der Waals surface area contributed by atoms with E-state index in [0.29, 0.717) is 0 Å². The zero-order valence-electron chi connectivity index (χ0n) is 12.5. The maximum atomic E-state index is 4.27. The molecule has 0 amide bonds. The van der Waals surface area contributed by atoms with Crippen molar-refractivity contribution < 1.29 is 0 Å². The fourth-order valence-corrected chi connectivity index (χ4v) is 2.39. The molecule has 1 unspecified atom stereocenters. The molecule has 0 bridgehead atoms. The predicted molar refractivity (Wildman–Crippen MR) is 80.2 cm³/mol. The van der Waals surface area contributed by atoms with E-state index in [2.05, 4.69) is 20.8 Å². The minimum absolute atomic E-state index is 0.724. The second-order valence-corrected chi connectivity index (χ2v) is 5.63. The van der Waals surface area contributed by atoms with Gasteiger partial charge < -0.3 is 0 Å². The highest BCUT2D eigenvalue weighted by atomic mass is 14.1. The van der Waals surface area contributed by atoms with Crippen LogP contribution in [0.1, 0.15) is 97.3 Å². The van der Waals surface area contributed by atoms with Gasteiger partial charge in [-0.1, -0.05) is 104 Å². The summed E-state index contributed by atoms with van der Waals surface area (Å²) >= 11 is 0. The van der Waals surface area contributed by atoms with E-state index < -0.39 is 0 Å². The molecule has 0 spiro atoms. The van der Waals surface area contributed by atoms with Crippen LogP contribution >= 0.6 is 0 Å². The molecule has 0 aliphatic carbocycles. The van der Waals surface area contributed by atoms with Crippen molar-refractivity contribution in [1.82, 2.24) is 0 Å². The van der Waals surface area contributed by atoms with Crippen LogP contribution in [0, 0.1) is 12.8 Å². The van der Waals surface area contributed by atoms with Gasteiger partial charge in [-0.15, -0.1) is 0 Å². The van der Waals surface area contributed by atoms with Crippen LogP contribution in [0.3, 0.4) is 0 Å². The van der Waals surface area contributed by atoms with Gasteiger partial charge in [0.15, 0.2) is 0 Å². The second kappa shape index (κ2) is 14.1. The van der Waals surface area contributed by atoms with E-state index in [9.17, 15) is 0 Å². The minimum Gasteiger partial charge on any atom is -0.0654 e. The average Bonchev–Trinajstić information content (AvgIpc) is 2.33. The van der Waals surface area contributed by atoms with Gasteiger partial charge in [-0.3, -0.25) is 0 Å². The maximum absolute atomic E-state index is 4.27. The van der Waals surface area contributed by atoms with Gasteiger partial charge >= 0.3 is 0 Å². The van der Waals surface area contributed by atoms with E-state index >= 15 is 0 Å². The lowest BCUT2D eigenvalue weighted by atomic mass is 9.96. The Morgan fingerprint density at radius 3 is 1.47 bits per heavy atom. The zero-order chi connectivity index (χ0) is 12.8. The maximum Gasteiger partial charge on any atom is -0.0414 e. The van der Waals surface area contributed by atoms with Crippen LogP contribution in [0.5, 0.6) is 0 Å².